The van der Waals surface area contributed by atoms with E-state index in [9.17, 15) is 4.79 Å². The molecular weight excluding hydrogens is 312 g/mol. The predicted molar refractivity (Wildman–Crippen MR) is 101 cm³/mol. The Balaban J connectivity index is 1.87. The van der Waals surface area contributed by atoms with Crippen LogP contribution in [0.5, 0.6) is 0 Å². The molecule has 0 N–H and O–H groups in total. The normalized spacial score (nSPS) is 22.0. The third-order valence-corrected chi connectivity index (χ3v) is 4.96. The summed E-state index contributed by atoms with van der Waals surface area (Å²) < 4.78 is 5.64. The van der Waals surface area contributed by atoms with Gasteiger partial charge in [0, 0.05) is 19.6 Å². The molecule has 0 aromatic heterocycles. The summed E-state index contributed by atoms with van der Waals surface area (Å²) in [6, 6.07) is 8.69. The van der Waals surface area contributed by atoms with Crippen LogP contribution < -0.4 is 0 Å². The lowest BCUT2D eigenvalue weighted by Crippen LogP contribution is -2.36. The Kier molecular flexibility index (Phi) is 5.19. The Labute approximate surface area is 151 Å². The van der Waals surface area contributed by atoms with Crippen molar-refractivity contribution in [1.82, 2.24) is 9.80 Å². The van der Waals surface area contributed by atoms with Gasteiger partial charge in [-0.05, 0) is 63.8 Å². The molecule has 0 spiro atoms. The number of likely N-dealkylation sites (tertiary alicyclic amines) is 1. The Bertz CT molecular complexity index is 660. The third kappa shape index (κ3) is 4.24. The van der Waals surface area contributed by atoms with Gasteiger partial charge in [0.05, 0.1) is 6.04 Å². The van der Waals surface area contributed by atoms with Crippen molar-refractivity contribution in [2.24, 2.45) is 0 Å². The average molecular weight is 342 g/mol. The number of amides is 1. The van der Waals surface area contributed by atoms with E-state index in [-0.39, 0.29) is 12.1 Å². The number of hydrogen-bond acceptors (Lipinski definition) is 3. The van der Waals surface area contributed by atoms with Gasteiger partial charge in [0.25, 0.3) is 0 Å². The molecule has 2 heterocycles. The van der Waals surface area contributed by atoms with E-state index in [0.29, 0.717) is 0 Å². The number of benzene rings is 1. The van der Waals surface area contributed by atoms with Gasteiger partial charge in [0.15, 0.2) is 0 Å². The van der Waals surface area contributed by atoms with Crippen LogP contribution in [0.4, 0.5) is 4.79 Å². The van der Waals surface area contributed by atoms with Crippen molar-refractivity contribution in [2.45, 2.75) is 51.7 Å². The van der Waals surface area contributed by atoms with Crippen molar-refractivity contribution in [3.05, 3.63) is 41.5 Å². The first kappa shape index (κ1) is 18.0. The summed E-state index contributed by atoms with van der Waals surface area (Å²) in [6.07, 6.45) is 5.23. The molecule has 0 saturated carbocycles. The minimum atomic E-state index is -0.458. The molecule has 1 amide bonds. The van der Waals surface area contributed by atoms with Crippen molar-refractivity contribution >= 4 is 11.7 Å². The molecule has 4 nitrogen and oxygen atoms in total. The molecule has 3 rings (SSSR count). The van der Waals surface area contributed by atoms with Crippen LogP contribution in [0.3, 0.4) is 0 Å². The maximum atomic E-state index is 12.7. The van der Waals surface area contributed by atoms with E-state index < -0.39 is 5.60 Å². The summed E-state index contributed by atoms with van der Waals surface area (Å²) in [5.74, 6) is 0. The van der Waals surface area contributed by atoms with Crippen LogP contribution in [-0.4, -0.2) is 48.2 Å². The molecular formula is C21H30N2O2. The first-order valence-electron chi connectivity index (χ1n) is 9.31. The molecule has 0 aliphatic carbocycles. The molecule has 0 bridgehead atoms. The fourth-order valence-electron chi connectivity index (χ4n) is 3.72. The van der Waals surface area contributed by atoms with Crippen LogP contribution in [-0.2, 0) is 4.74 Å². The van der Waals surface area contributed by atoms with Gasteiger partial charge in [-0.25, -0.2) is 4.79 Å². The Morgan fingerprint density at radius 2 is 1.96 bits per heavy atom. The fourth-order valence-corrected chi connectivity index (χ4v) is 3.72. The first-order chi connectivity index (χ1) is 11.8. The van der Waals surface area contributed by atoms with Gasteiger partial charge in [-0.1, -0.05) is 30.3 Å². The number of nitrogens with zero attached hydrogens (tertiary/aromatic N) is 2. The Morgan fingerprint density at radius 1 is 1.20 bits per heavy atom. The van der Waals surface area contributed by atoms with Crippen LogP contribution in [0.2, 0.25) is 0 Å². The van der Waals surface area contributed by atoms with E-state index in [4.69, 9.17) is 4.74 Å². The number of ether oxygens (including phenoxy) is 1. The fraction of sp³-hybridized carbons (Fsp3) is 0.571. The van der Waals surface area contributed by atoms with E-state index in [2.05, 4.69) is 42.3 Å². The molecule has 4 heteroatoms. The van der Waals surface area contributed by atoms with Gasteiger partial charge in [0.1, 0.15) is 5.60 Å². The predicted octanol–water partition coefficient (Wildman–Crippen LogP) is 4.48. The topological polar surface area (TPSA) is 32.8 Å². The van der Waals surface area contributed by atoms with E-state index in [1.165, 1.54) is 16.7 Å². The van der Waals surface area contributed by atoms with Crippen LogP contribution in [0.25, 0.3) is 5.57 Å². The summed E-state index contributed by atoms with van der Waals surface area (Å²) in [4.78, 5) is 16.9. The quantitative estimate of drug-likeness (QED) is 0.794. The van der Waals surface area contributed by atoms with E-state index >= 15 is 0 Å². The second-order valence-corrected chi connectivity index (χ2v) is 8.16. The van der Waals surface area contributed by atoms with Gasteiger partial charge < -0.3 is 14.5 Å². The zero-order chi connectivity index (χ0) is 18.0. The molecule has 1 aromatic rings. The van der Waals surface area contributed by atoms with Crippen molar-refractivity contribution < 1.29 is 9.53 Å². The molecule has 1 fully saturated rings. The maximum Gasteiger partial charge on any atom is 0.410 e. The highest BCUT2D eigenvalue weighted by molar-refractivity contribution is 5.73. The second-order valence-electron chi connectivity index (χ2n) is 8.16. The number of carbonyl (C=O) groups is 1. The SMILES string of the molecule is CN1CC=C(c2ccccc2[C@H]2CCCN2C(=O)OC(C)(C)C)CC1. The van der Waals surface area contributed by atoms with E-state index in [1.807, 2.05) is 25.7 Å². The van der Waals surface area contributed by atoms with Gasteiger partial charge in [0.2, 0.25) is 0 Å². The first-order valence-corrected chi connectivity index (χ1v) is 9.31. The van der Waals surface area contributed by atoms with Crippen molar-refractivity contribution in [1.29, 1.82) is 0 Å². The molecule has 1 saturated heterocycles. The molecule has 136 valence electrons. The number of carbonyl (C=O) groups excluding carboxylic acids is 1. The highest BCUT2D eigenvalue weighted by Gasteiger charge is 2.34. The van der Waals surface area contributed by atoms with E-state index in [1.54, 1.807) is 0 Å². The largest absolute Gasteiger partial charge is 0.444 e. The molecule has 0 unspecified atom stereocenters. The summed E-state index contributed by atoms with van der Waals surface area (Å²) in [6.45, 7) is 8.62. The van der Waals surface area contributed by atoms with Crippen LogP contribution in [0.1, 0.15) is 57.2 Å². The Hall–Kier alpha value is -1.81. The lowest BCUT2D eigenvalue weighted by Gasteiger charge is -2.31. The van der Waals surface area contributed by atoms with Gasteiger partial charge in [-0.3, -0.25) is 0 Å². The van der Waals surface area contributed by atoms with Crippen LogP contribution in [0.15, 0.2) is 30.3 Å². The van der Waals surface area contributed by atoms with Crippen LogP contribution in [0, 0.1) is 0 Å². The highest BCUT2D eigenvalue weighted by atomic mass is 16.6. The lowest BCUT2D eigenvalue weighted by molar-refractivity contribution is 0.0224. The number of rotatable bonds is 2. The molecule has 25 heavy (non-hydrogen) atoms. The lowest BCUT2D eigenvalue weighted by atomic mass is 9.90. The van der Waals surface area contributed by atoms with Crippen molar-refractivity contribution in [3.8, 4) is 0 Å². The molecule has 1 atom stereocenters. The smallest absolute Gasteiger partial charge is 0.410 e. The van der Waals surface area contributed by atoms with Crippen molar-refractivity contribution in [2.75, 3.05) is 26.7 Å². The number of hydrogen-bond donors (Lipinski definition) is 0. The summed E-state index contributed by atoms with van der Waals surface area (Å²) in [5, 5.41) is 0. The third-order valence-electron chi connectivity index (χ3n) is 4.96. The molecule has 0 radical (unpaired) electrons. The minimum absolute atomic E-state index is 0.117. The van der Waals surface area contributed by atoms with Gasteiger partial charge in [-0.15, -0.1) is 0 Å². The minimum Gasteiger partial charge on any atom is -0.444 e. The summed E-state index contributed by atoms with van der Waals surface area (Å²) in [7, 11) is 2.15. The molecule has 1 aromatic carbocycles. The molecule has 2 aliphatic heterocycles. The summed E-state index contributed by atoms with van der Waals surface area (Å²) >= 11 is 0. The molecule has 2 aliphatic rings. The monoisotopic (exact) mass is 342 g/mol. The zero-order valence-corrected chi connectivity index (χ0v) is 15.9. The maximum absolute atomic E-state index is 12.7. The highest BCUT2D eigenvalue weighted by Crippen LogP contribution is 2.38. The van der Waals surface area contributed by atoms with E-state index in [0.717, 1.165) is 38.9 Å². The Morgan fingerprint density at radius 3 is 2.64 bits per heavy atom. The second kappa shape index (κ2) is 7.20. The van der Waals surface area contributed by atoms with Gasteiger partial charge in [-0.2, -0.15) is 0 Å². The number of likely N-dealkylation sites (N-methyl/N-ethyl adjacent to an activating group) is 1. The zero-order valence-electron chi connectivity index (χ0n) is 15.9. The van der Waals surface area contributed by atoms with Crippen LogP contribution >= 0.6 is 0 Å². The van der Waals surface area contributed by atoms with Crippen molar-refractivity contribution in [3.63, 3.8) is 0 Å². The standard InChI is InChI=1S/C21H30N2O2/c1-21(2,3)25-20(24)23-13-7-10-19(23)18-9-6-5-8-17(18)16-11-14-22(4)15-12-16/h5-6,8-9,11,19H,7,10,12-15H2,1-4H3/t19-/m1/s1. The van der Waals surface area contributed by atoms with Gasteiger partial charge >= 0.3 is 6.09 Å². The average Bonchev–Trinajstić information content (AvgIpc) is 3.04. The summed E-state index contributed by atoms with van der Waals surface area (Å²) in [5.41, 5.74) is 3.52.